The number of ketones is 1. The molecule has 8 heteroatoms. The van der Waals surface area contributed by atoms with E-state index in [1.165, 1.54) is 11.0 Å². The Labute approximate surface area is 219 Å². The summed E-state index contributed by atoms with van der Waals surface area (Å²) in [6.07, 6.45) is 0.647. The number of likely N-dealkylation sites (tertiary alicyclic amines) is 1. The van der Waals surface area contributed by atoms with Crippen molar-refractivity contribution < 1.29 is 29.3 Å². The van der Waals surface area contributed by atoms with Crippen LogP contribution in [0.3, 0.4) is 0 Å². The van der Waals surface area contributed by atoms with Crippen molar-refractivity contribution in [2.45, 2.75) is 40.2 Å². The number of aliphatic hydroxyl groups is 1. The Morgan fingerprint density at radius 1 is 1.11 bits per heavy atom. The third-order valence-corrected chi connectivity index (χ3v) is 6.18. The van der Waals surface area contributed by atoms with E-state index in [2.05, 4.69) is 13.8 Å². The van der Waals surface area contributed by atoms with Gasteiger partial charge in [-0.15, -0.1) is 0 Å². The first-order chi connectivity index (χ1) is 17.5. The SMILES string of the molecule is CCOc1cc([C@H]2C(=C(O)c3ccc(OCC(C)C)cc3C)C(=O)C(=O)N2CCCN(C)C)ccc1O. The summed E-state index contributed by atoms with van der Waals surface area (Å²) in [5, 5.41) is 21.7. The normalized spacial score (nSPS) is 17.2. The zero-order valence-electron chi connectivity index (χ0n) is 22.6. The van der Waals surface area contributed by atoms with E-state index in [0.29, 0.717) is 49.0 Å². The van der Waals surface area contributed by atoms with Crippen LogP contribution in [0.25, 0.3) is 5.76 Å². The number of phenolic OH excluding ortho intramolecular Hbond substituents is 1. The highest BCUT2D eigenvalue weighted by atomic mass is 16.5. The second-order valence-electron chi connectivity index (χ2n) is 9.99. The van der Waals surface area contributed by atoms with Crippen molar-refractivity contribution in [3.05, 3.63) is 58.7 Å². The van der Waals surface area contributed by atoms with Crippen molar-refractivity contribution in [2.24, 2.45) is 5.92 Å². The lowest BCUT2D eigenvalue weighted by Gasteiger charge is -2.26. The Morgan fingerprint density at radius 2 is 1.84 bits per heavy atom. The first kappa shape index (κ1) is 28.1. The van der Waals surface area contributed by atoms with Crippen LogP contribution in [0.5, 0.6) is 17.2 Å². The fourth-order valence-electron chi connectivity index (χ4n) is 4.39. The number of carbonyl (C=O) groups excluding carboxylic acids is 2. The molecule has 3 rings (SSSR count). The molecule has 2 aromatic rings. The van der Waals surface area contributed by atoms with Crippen LogP contribution in [0.2, 0.25) is 0 Å². The topological polar surface area (TPSA) is 99.5 Å². The minimum atomic E-state index is -0.821. The lowest BCUT2D eigenvalue weighted by molar-refractivity contribution is -0.139. The number of rotatable bonds is 11. The van der Waals surface area contributed by atoms with Crippen LogP contribution in [-0.4, -0.2) is 72.1 Å². The minimum Gasteiger partial charge on any atom is -0.507 e. The van der Waals surface area contributed by atoms with Gasteiger partial charge in [0.2, 0.25) is 0 Å². The number of aromatic hydroxyl groups is 1. The summed E-state index contributed by atoms with van der Waals surface area (Å²) < 4.78 is 11.3. The van der Waals surface area contributed by atoms with Gasteiger partial charge in [0, 0.05) is 12.1 Å². The van der Waals surface area contributed by atoms with Crippen molar-refractivity contribution in [1.82, 2.24) is 9.80 Å². The quantitative estimate of drug-likeness (QED) is 0.261. The number of amides is 1. The van der Waals surface area contributed by atoms with Crippen LogP contribution < -0.4 is 9.47 Å². The third kappa shape index (κ3) is 6.43. The number of nitrogens with zero attached hydrogens (tertiary/aromatic N) is 2. The molecule has 0 radical (unpaired) electrons. The maximum absolute atomic E-state index is 13.3. The molecule has 1 heterocycles. The van der Waals surface area contributed by atoms with Crippen LogP contribution in [0.15, 0.2) is 42.0 Å². The Bertz CT molecular complexity index is 1170. The standard InChI is InChI=1S/C29H38N2O6/c1-7-36-24-16-20(9-12-23(24)32)26-25(28(34)29(35)31(26)14-8-13-30(5)6)27(33)22-11-10-21(15-19(22)4)37-17-18(2)3/h9-12,15-16,18,26,32-33H,7-8,13-14,17H2,1-6H3/t26-/m0/s1. The second kappa shape index (κ2) is 12.1. The highest BCUT2D eigenvalue weighted by Gasteiger charge is 2.46. The van der Waals surface area contributed by atoms with Crippen LogP contribution in [0, 0.1) is 12.8 Å². The first-order valence-electron chi connectivity index (χ1n) is 12.7. The van der Waals surface area contributed by atoms with E-state index in [1.807, 2.05) is 32.0 Å². The monoisotopic (exact) mass is 510 g/mol. The molecular formula is C29H38N2O6. The predicted octanol–water partition coefficient (Wildman–Crippen LogP) is 4.51. The number of hydrogen-bond acceptors (Lipinski definition) is 7. The van der Waals surface area contributed by atoms with Gasteiger partial charge >= 0.3 is 0 Å². The summed E-state index contributed by atoms with van der Waals surface area (Å²) in [6.45, 7) is 9.71. The van der Waals surface area contributed by atoms with Gasteiger partial charge in [0.15, 0.2) is 11.5 Å². The van der Waals surface area contributed by atoms with E-state index in [4.69, 9.17) is 9.47 Å². The highest BCUT2D eigenvalue weighted by molar-refractivity contribution is 6.46. The molecule has 1 atom stereocenters. The van der Waals surface area contributed by atoms with Crippen molar-refractivity contribution in [3.63, 3.8) is 0 Å². The molecule has 0 aliphatic carbocycles. The third-order valence-electron chi connectivity index (χ3n) is 6.18. The van der Waals surface area contributed by atoms with Crippen LogP contribution in [-0.2, 0) is 9.59 Å². The average Bonchev–Trinajstić information content (AvgIpc) is 3.09. The van der Waals surface area contributed by atoms with E-state index in [0.717, 1.165) is 12.1 Å². The van der Waals surface area contributed by atoms with Crippen LogP contribution >= 0.6 is 0 Å². The minimum absolute atomic E-state index is 0.0157. The molecule has 0 unspecified atom stereocenters. The Balaban J connectivity index is 2.10. The van der Waals surface area contributed by atoms with Crippen molar-refractivity contribution in [1.29, 1.82) is 0 Å². The van der Waals surface area contributed by atoms with E-state index in [1.54, 1.807) is 31.2 Å². The fourth-order valence-corrected chi connectivity index (χ4v) is 4.39. The summed E-state index contributed by atoms with van der Waals surface area (Å²) in [5.74, 6) is -0.391. The summed E-state index contributed by atoms with van der Waals surface area (Å²) in [4.78, 5) is 30.0. The zero-order valence-corrected chi connectivity index (χ0v) is 22.6. The van der Waals surface area contributed by atoms with Gasteiger partial charge in [0.1, 0.15) is 11.5 Å². The summed E-state index contributed by atoms with van der Waals surface area (Å²) in [5.41, 5.74) is 1.76. The molecule has 37 heavy (non-hydrogen) atoms. The van der Waals surface area contributed by atoms with Gasteiger partial charge in [0.05, 0.1) is 24.8 Å². The molecule has 1 saturated heterocycles. The number of aliphatic hydroxyl groups excluding tert-OH is 1. The molecule has 1 fully saturated rings. The van der Waals surface area contributed by atoms with E-state index < -0.39 is 17.7 Å². The maximum Gasteiger partial charge on any atom is 0.295 e. The van der Waals surface area contributed by atoms with Gasteiger partial charge in [0.25, 0.3) is 11.7 Å². The maximum atomic E-state index is 13.3. The molecule has 0 bridgehead atoms. The molecule has 2 aromatic carbocycles. The van der Waals surface area contributed by atoms with Gasteiger partial charge in [-0.3, -0.25) is 9.59 Å². The number of ether oxygens (including phenoxy) is 2. The fraction of sp³-hybridized carbons (Fsp3) is 0.448. The van der Waals surface area contributed by atoms with Gasteiger partial charge < -0.3 is 29.5 Å². The van der Waals surface area contributed by atoms with E-state index in [9.17, 15) is 19.8 Å². The Hall–Kier alpha value is -3.52. The largest absolute Gasteiger partial charge is 0.507 e. The molecule has 1 aliphatic rings. The van der Waals surface area contributed by atoms with Crippen molar-refractivity contribution >= 4 is 17.4 Å². The Morgan fingerprint density at radius 3 is 2.46 bits per heavy atom. The van der Waals surface area contributed by atoms with Gasteiger partial charge in [-0.25, -0.2) is 0 Å². The van der Waals surface area contributed by atoms with E-state index in [-0.39, 0.29) is 22.8 Å². The highest BCUT2D eigenvalue weighted by Crippen LogP contribution is 2.42. The van der Waals surface area contributed by atoms with Crippen molar-refractivity contribution in [3.8, 4) is 17.2 Å². The zero-order chi connectivity index (χ0) is 27.3. The van der Waals surface area contributed by atoms with E-state index >= 15 is 0 Å². The average molecular weight is 511 g/mol. The number of hydrogen-bond donors (Lipinski definition) is 2. The lowest BCUT2D eigenvalue weighted by Crippen LogP contribution is -2.32. The van der Waals surface area contributed by atoms with Crippen molar-refractivity contribution in [2.75, 3.05) is 40.4 Å². The molecule has 200 valence electrons. The summed E-state index contributed by atoms with van der Waals surface area (Å²) >= 11 is 0. The smallest absolute Gasteiger partial charge is 0.295 e. The van der Waals surface area contributed by atoms with Crippen LogP contribution in [0.4, 0.5) is 0 Å². The molecular weight excluding hydrogens is 472 g/mol. The molecule has 0 spiro atoms. The molecule has 0 aromatic heterocycles. The lowest BCUT2D eigenvalue weighted by atomic mass is 9.93. The van der Waals surface area contributed by atoms with Gasteiger partial charge in [-0.05, 0) is 88.3 Å². The number of Topliss-reactive ketones (excluding diaryl/α,β-unsaturated/α-hetero) is 1. The first-order valence-corrected chi connectivity index (χ1v) is 12.7. The number of benzene rings is 2. The summed E-state index contributed by atoms with van der Waals surface area (Å²) in [7, 11) is 3.88. The number of phenols is 1. The molecule has 1 amide bonds. The number of carbonyl (C=O) groups is 2. The second-order valence-corrected chi connectivity index (χ2v) is 9.99. The number of aryl methyl sites for hydroxylation is 1. The van der Waals surface area contributed by atoms with Gasteiger partial charge in [-0.1, -0.05) is 19.9 Å². The Kier molecular flexibility index (Phi) is 9.21. The molecule has 1 aliphatic heterocycles. The molecule has 8 nitrogen and oxygen atoms in total. The summed E-state index contributed by atoms with van der Waals surface area (Å²) in [6, 6.07) is 9.20. The van der Waals surface area contributed by atoms with Crippen LogP contribution in [0.1, 0.15) is 49.9 Å². The molecule has 0 saturated carbocycles. The van der Waals surface area contributed by atoms with Gasteiger partial charge in [-0.2, -0.15) is 0 Å². The predicted molar refractivity (Wildman–Crippen MR) is 143 cm³/mol. The molecule has 2 N–H and O–H groups in total.